The molecule has 1 N–H and O–H groups in total. The summed E-state index contributed by atoms with van der Waals surface area (Å²) < 4.78 is 5.55. The number of hydrogen-bond donors (Lipinski definition) is 1. The molecule has 0 bridgehead atoms. The second-order valence-corrected chi connectivity index (χ2v) is 8.36. The molecular weight excluding hydrogens is 352 g/mol. The molecule has 0 unspecified atom stereocenters. The van der Waals surface area contributed by atoms with E-state index < -0.39 is 6.04 Å². The molecule has 148 valence electrons. The van der Waals surface area contributed by atoms with Gasteiger partial charge in [-0.25, -0.2) is 0 Å². The molecule has 2 aliphatic rings. The highest BCUT2D eigenvalue weighted by Crippen LogP contribution is 2.31. The third kappa shape index (κ3) is 3.71. The summed E-state index contributed by atoms with van der Waals surface area (Å²) in [6.07, 6.45) is 5.55. The summed E-state index contributed by atoms with van der Waals surface area (Å²) in [6, 6.07) is 9.57. The Bertz CT molecular complexity index is 870. The van der Waals surface area contributed by atoms with Crippen molar-refractivity contribution in [2.45, 2.75) is 64.6 Å². The minimum Gasteiger partial charge on any atom is -0.469 e. The topological polar surface area (TPSA) is 62.6 Å². The van der Waals surface area contributed by atoms with E-state index in [9.17, 15) is 9.59 Å². The molecule has 5 heteroatoms. The number of rotatable bonds is 4. The average Bonchev–Trinajstić information content (AvgIpc) is 3.16. The fraction of sp³-hybridized carbons (Fsp3) is 0.478. The Labute approximate surface area is 166 Å². The average molecular weight is 380 g/mol. The van der Waals surface area contributed by atoms with Crippen LogP contribution in [0.1, 0.15) is 61.6 Å². The van der Waals surface area contributed by atoms with Crippen molar-refractivity contribution in [2.75, 3.05) is 0 Å². The summed E-state index contributed by atoms with van der Waals surface area (Å²) in [4.78, 5) is 28.0. The molecule has 0 radical (unpaired) electrons. The molecule has 2 aromatic rings. The zero-order valence-electron chi connectivity index (χ0n) is 16.6. The maximum atomic E-state index is 13.3. The van der Waals surface area contributed by atoms with E-state index in [2.05, 4.69) is 17.4 Å². The second-order valence-electron chi connectivity index (χ2n) is 8.36. The van der Waals surface area contributed by atoms with Crippen LogP contribution in [0.5, 0.6) is 0 Å². The molecule has 28 heavy (non-hydrogen) atoms. The van der Waals surface area contributed by atoms with Gasteiger partial charge in [-0.05, 0) is 36.0 Å². The number of hydrogen-bond acceptors (Lipinski definition) is 3. The standard InChI is InChI=1S/C23H28N2O3/c1-15(2)12-22(26)25-14-17-7-4-3-6-16(17)13-20(25)23(27)24-19-8-5-9-21-18(19)10-11-28-21/h3-4,6-7,10-11,15,19-20H,5,8-9,12-14H2,1-2H3,(H,24,27)/t19-,20-/m0/s1. The molecular formula is C23H28N2O3. The number of nitrogens with zero attached hydrogens (tertiary/aromatic N) is 1. The van der Waals surface area contributed by atoms with Crippen LogP contribution in [0.25, 0.3) is 0 Å². The number of benzene rings is 1. The van der Waals surface area contributed by atoms with Gasteiger partial charge in [-0.3, -0.25) is 9.59 Å². The summed E-state index contributed by atoms with van der Waals surface area (Å²) in [5, 5.41) is 3.21. The smallest absolute Gasteiger partial charge is 0.243 e. The molecule has 2 heterocycles. The van der Waals surface area contributed by atoms with Crippen molar-refractivity contribution in [3.05, 3.63) is 59.0 Å². The Hall–Kier alpha value is -2.56. The fourth-order valence-corrected chi connectivity index (χ4v) is 4.39. The first-order valence-corrected chi connectivity index (χ1v) is 10.3. The number of furan rings is 1. The molecule has 1 aromatic heterocycles. The van der Waals surface area contributed by atoms with Crippen LogP contribution in [0.2, 0.25) is 0 Å². The molecule has 1 aliphatic heterocycles. The lowest BCUT2D eigenvalue weighted by Crippen LogP contribution is -2.53. The zero-order valence-corrected chi connectivity index (χ0v) is 16.6. The molecule has 1 aromatic carbocycles. The molecule has 1 aliphatic carbocycles. The highest BCUT2D eigenvalue weighted by molar-refractivity contribution is 5.89. The summed E-state index contributed by atoms with van der Waals surface area (Å²) >= 11 is 0. The first-order chi connectivity index (χ1) is 13.5. The van der Waals surface area contributed by atoms with Crippen LogP contribution in [0.3, 0.4) is 0 Å². The normalized spacial score (nSPS) is 21.2. The van der Waals surface area contributed by atoms with E-state index in [1.54, 1.807) is 11.2 Å². The van der Waals surface area contributed by atoms with E-state index in [1.165, 1.54) is 0 Å². The van der Waals surface area contributed by atoms with Gasteiger partial charge in [0.25, 0.3) is 0 Å². The molecule has 0 saturated carbocycles. The van der Waals surface area contributed by atoms with Crippen molar-refractivity contribution in [2.24, 2.45) is 5.92 Å². The van der Waals surface area contributed by atoms with Gasteiger partial charge in [-0.15, -0.1) is 0 Å². The molecule has 2 atom stereocenters. The van der Waals surface area contributed by atoms with Gasteiger partial charge in [-0.1, -0.05) is 38.1 Å². The third-order valence-electron chi connectivity index (χ3n) is 5.82. The van der Waals surface area contributed by atoms with E-state index >= 15 is 0 Å². The quantitative estimate of drug-likeness (QED) is 0.878. The van der Waals surface area contributed by atoms with Crippen molar-refractivity contribution in [1.82, 2.24) is 10.2 Å². The lowest BCUT2D eigenvalue weighted by molar-refractivity contribution is -0.142. The number of aryl methyl sites for hydroxylation is 1. The van der Waals surface area contributed by atoms with Crippen molar-refractivity contribution in [1.29, 1.82) is 0 Å². The highest BCUT2D eigenvalue weighted by Gasteiger charge is 2.36. The summed E-state index contributed by atoms with van der Waals surface area (Å²) in [7, 11) is 0. The van der Waals surface area contributed by atoms with Gasteiger partial charge in [0, 0.05) is 31.4 Å². The fourth-order valence-electron chi connectivity index (χ4n) is 4.39. The van der Waals surface area contributed by atoms with Crippen LogP contribution in [0, 0.1) is 5.92 Å². The molecule has 0 spiro atoms. The first-order valence-electron chi connectivity index (χ1n) is 10.3. The number of amides is 2. The van der Waals surface area contributed by atoms with E-state index in [-0.39, 0.29) is 23.8 Å². The lowest BCUT2D eigenvalue weighted by Gasteiger charge is -2.37. The maximum Gasteiger partial charge on any atom is 0.243 e. The monoisotopic (exact) mass is 380 g/mol. The van der Waals surface area contributed by atoms with Gasteiger partial charge < -0.3 is 14.6 Å². The van der Waals surface area contributed by atoms with Gasteiger partial charge >= 0.3 is 0 Å². The van der Waals surface area contributed by atoms with E-state index in [4.69, 9.17) is 4.42 Å². The Morgan fingerprint density at radius 1 is 1.21 bits per heavy atom. The van der Waals surface area contributed by atoms with Gasteiger partial charge in [0.1, 0.15) is 11.8 Å². The molecule has 2 amide bonds. The van der Waals surface area contributed by atoms with Gasteiger partial charge in [0.15, 0.2) is 0 Å². The number of nitrogens with one attached hydrogen (secondary N) is 1. The number of carbonyl (C=O) groups excluding carboxylic acids is 2. The van der Waals surface area contributed by atoms with Gasteiger partial charge in [0.05, 0.1) is 12.3 Å². The zero-order chi connectivity index (χ0) is 19.7. The Kier molecular flexibility index (Phi) is 5.25. The van der Waals surface area contributed by atoms with Crippen LogP contribution < -0.4 is 5.32 Å². The van der Waals surface area contributed by atoms with Crippen LogP contribution >= 0.6 is 0 Å². The lowest BCUT2D eigenvalue weighted by atomic mass is 9.90. The minimum atomic E-state index is -0.460. The van der Waals surface area contributed by atoms with Gasteiger partial charge in [0.2, 0.25) is 11.8 Å². The van der Waals surface area contributed by atoms with Crippen molar-refractivity contribution in [3.63, 3.8) is 0 Å². The minimum absolute atomic E-state index is 0.0331. The molecule has 0 fully saturated rings. The van der Waals surface area contributed by atoms with Crippen LogP contribution in [0.15, 0.2) is 41.0 Å². The van der Waals surface area contributed by atoms with E-state index in [0.717, 1.165) is 41.7 Å². The Balaban J connectivity index is 1.56. The van der Waals surface area contributed by atoms with Crippen molar-refractivity contribution < 1.29 is 14.0 Å². The number of carbonyl (C=O) groups is 2. The van der Waals surface area contributed by atoms with Crippen molar-refractivity contribution in [3.8, 4) is 0 Å². The molecule has 0 saturated heterocycles. The predicted octanol–water partition coefficient (Wildman–Crippen LogP) is 3.77. The third-order valence-corrected chi connectivity index (χ3v) is 5.82. The molecule has 4 rings (SSSR count). The second kappa shape index (κ2) is 7.82. The van der Waals surface area contributed by atoms with Crippen LogP contribution in [-0.2, 0) is 29.0 Å². The first kappa shape index (κ1) is 18.8. The Morgan fingerprint density at radius 3 is 2.79 bits per heavy atom. The van der Waals surface area contributed by atoms with Gasteiger partial charge in [-0.2, -0.15) is 0 Å². The molecule has 5 nitrogen and oxygen atoms in total. The summed E-state index contributed by atoms with van der Waals surface area (Å²) in [6.45, 7) is 4.57. The predicted molar refractivity (Wildman–Crippen MR) is 106 cm³/mol. The largest absolute Gasteiger partial charge is 0.469 e. The van der Waals surface area contributed by atoms with E-state index in [0.29, 0.717) is 19.4 Å². The highest BCUT2D eigenvalue weighted by atomic mass is 16.3. The maximum absolute atomic E-state index is 13.3. The summed E-state index contributed by atoms with van der Waals surface area (Å²) in [5.74, 6) is 1.22. The van der Waals surface area contributed by atoms with Crippen LogP contribution in [-0.4, -0.2) is 22.8 Å². The summed E-state index contributed by atoms with van der Waals surface area (Å²) in [5.41, 5.74) is 3.37. The number of fused-ring (bicyclic) bond motifs is 2. The Morgan fingerprint density at radius 2 is 2.00 bits per heavy atom. The van der Waals surface area contributed by atoms with Crippen LogP contribution in [0.4, 0.5) is 0 Å². The van der Waals surface area contributed by atoms with Crippen molar-refractivity contribution >= 4 is 11.8 Å². The van der Waals surface area contributed by atoms with E-state index in [1.807, 2.05) is 32.0 Å². The SMILES string of the molecule is CC(C)CC(=O)N1Cc2ccccc2C[C@H]1C(=O)N[C@H]1CCCc2occc21.